The highest BCUT2D eigenvalue weighted by Crippen LogP contribution is 2.43. The lowest BCUT2D eigenvalue weighted by Crippen LogP contribution is -2.27. The fraction of sp³-hybridized carbons (Fsp3) is 0.217. The van der Waals surface area contributed by atoms with Crippen molar-refractivity contribution in [1.82, 2.24) is 0 Å². The van der Waals surface area contributed by atoms with E-state index >= 15 is 0 Å². The van der Waals surface area contributed by atoms with E-state index in [1.807, 2.05) is 0 Å². The number of benzene rings is 2. The SMILES string of the molecule is C=C(C)CC=C1CN(C)c2c(cccc2-c2ccccc2)C1=CC. The molecule has 0 aromatic heterocycles. The summed E-state index contributed by atoms with van der Waals surface area (Å²) in [6.45, 7) is 9.18. The standard InChI is InChI=1S/C23H25N/c1-5-20-19(15-14-17(2)3)16-24(4)23-21(12-9-13-22(20)23)18-10-7-6-8-11-18/h5-13,15H,2,14,16H2,1,3-4H3. The molecule has 2 aromatic rings. The Hall–Kier alpha value is -2.54. The zero-order valence-electron chi connectivity index (χ0n) is 14.8. The van der Waals surface area contributed by atoms with Gasteiger partial charge in [0.1, 0.15) is 0 Å². The van der Waals surface area contributed by atoms with Gasteiger partial charge in [0.2, 0.25) is 0 Å². The van der Waals surface area contributed by atoms with Crippen LogP contribution >= 0.6 is 0 Å². The molecule has 3 rings (SSSR count). The van der Waals surface area contributed by atoms with Gasteiger partial charge in [-0.05, 0) is 37.0 Å². The average Bonchev–Trinajstić information content (AvgIpc) is 2.60. The second-order valence-corrected chi connectivity index (χ2v) is 6.52. The molecule has 0 N–H and O–H groups in total. The van der Waals surface area contributed by atoms with Crippen LogP contribution in [0, 0.1) is 0 Å². The van der Waals surface area contributed by atoms with Crippen molar-refractivity contribution in [1.29, 1.82) is 0 Å². The fourth-order valence-electron chi connectivity index (χ4n) is 3.43. The van der Waals surface area contributed by atoms with Crippen molar-refractivity contribution >= 4 is 11.3 Å². The van der Waals surface area contributed by atoms with Crippen LogP contribution in [0.15, 0.2) is 78.4 Å². The van der Waals surface area contributed by atoms with Crippen LogP contribution in [0.25, 0.3) is 16.7 Å². The molecule has 0 unspecified atom stereocenters. The zero-order valence-corrected chi connectivity index (χ0v) is 14.8. The lowest BCUT2D eigenvalue weighted by Gasteiger charge is -2.33. The number of rotatable bonds is 3. The Morgan fingerprint density at radius 3 is 2.46 bits per heavy atom. The van der Waals surface area contributed by atoms with Crippen molar-refractivity contribution in [2.75, 3.05) is 18.5 Å². The molecule has 1 heteroatoms. The number of nitrogens with zero attached hydrogens (tertiary/aromatic N) is 1. The smallest absolute Gasteiger partial charge is 0.0525 e. The third-order valence-corrected chi connectivity index (χ3v) is 4.53. The number of hydrogen-bond acceptors (Lipinski definition) is 1. The molecule has 1 heterocycles. The van der Waals surface area contributed by atoms with E-state index in [0.29, 0.717) is 0 Å². The maximum Gasteiger partial charge on any atom is 0.0525 e. The van der Waals surface area contributed by atoms with Crippen LogP contribution in [0.1, 0.15) is 25.8 Å². The summed E-state index contributed by atoms with van der Waals surface area (Å²) in [5.41, 5.74) is 9.15. The van der Waals surface area contributed by atoms with Crippen molar-refractivity contribution in [2.45, 2.75) is 20.3 Å². The quantitative estimate of drug-likeness (QED) is 0.619. The maximum absolute atomic E-state index is 4.03. The first-order chi connectivity index (χ1) is 11.6. The van der Waals surface area contributed by atoms with Gasteiger partial charge >= 0.3 is 0 Å². The Bertz CT molecular complexity index is 809. The first-order valence-electron chi connectivity index (χ1n) is 8.52. The van der Waals surface area contributed by atoms with Gasteiger partial charge in [-0.2, -0.15) is 0 Å². The predicted molar refractivity (Wildman–Crippen MR) is 106 cm³/mol. The summed E-state index contributed by atoms with van der Waals surface area (Å²) in [6.07, 6.45) is 5.51. The summed E-state index contributed by atoms with van der Waals surface area (Å²) in [4.78, 5) is 2.37. The lowest BCUT2D eigenvalue weighted by molar-refractivity contribution is 0.974. The molecule has 2 aromatic carbocycles. The van der Waals surface area contributed by atoms with E-state index < -0.39 is 0 Å². The van der Waals surface area contributed by atoms with Crippen LogP contribution in [0.3, 0.4) is 0 Å². The normalized spacial score (nSPS) is 17.2. The van der Waals surface area contributed by atoms with E-state index in [0.717, 1.165) is 13.0 Å². The first-order valence-corrected chi connectivity index (χ1v) is 8.52. The highest BCUT2D eigenvalue weighted by Gasteiger charge is 2.24. The van der Waals surface area contributed by atoms with E-state index in [1.165, 1.54) is 39.1 Å². The third kappa shape index (κ3) is 3.07. The van der Waals surface area contributed by atoms with E-state index in [-0.39, 0.29) is 0 Å². The van der Waals surface area contributed by atoms with Crippen molar-refractivity contribution in [3.05, 3.63) is 84.0 Å². The molecule has 0 aliphatic carbocycles. The van der Waals surface area contributed by atoms with Crippen molar-refractivity contribution < 1.29 is 0 Å². The molecule has 1 nitrogen and oxygen atoms in total. The Balaban J connectivity index is 2.14. The number of allylic oxidation sites excluding steroid dienone is 3. The molecule has 0 bridgehead atoms. The highest BCUT2D eigenvalue weighted by molar-refractivity contribution is 5.96. The van der Waals surface area contributed by atoms with Gasteiger partial charge in [0.15, 0.2) is 0 Å². The van der Waals surface area contributed by atoms with Gasteiger partial charge in [-0.3, -0.25) is 0 Å². The second kappa shape index (κ2) is 6.92. The van der Waals surface area contributed by atoms with Gasteiger partial charge in [-0.25, -0.2) is 0 Å². The zero-order chi connectivity index (χ0) is 17.1. The highest BCUT2D eigenvalue weighted by atomic mass is 15.1. The van der Waals surface area contributed by atoms with Crippen LogP contribution < -0.4 is 4.90 Å². The van der Waals surface area contributed by atoms with Crippen LogP contribution in [0.5, 0.6) is 0 Å². The van der Waals surface area contributed by atoms with Crippen LogP contribution in [0.2, 0.25) is 0 Å². The predicted octanol–water partition coefficient (Wildman–Crippen LogP) is 6.10. The minimum Gasteiger partial charge on any atom is -0.369 e. The van der Waals surface area contributed by atoms with Crippen molar-refractivity contribution in [3.63, 3.8) is 0 Å². The topological polar surface area (TPSA) is 3.24 Å². The summed E-state index contributed by atoms with van der Waals surface area (Å²) in [7, 11) is 2.19. The second-order valence-electron chi connectivity index (χ2n) is 6.52. The molecule has 0 radical (unpaired) electrons. The molecular formula is C23H25N. The van der Waals surface area contributed by atoms with Crippen LogP contribution in [0.4, 0.5) is 5.69 Å². The van der Waals surface area contributed by atoms with Gasteiger partial charge in [0.25, 0.3) is 0 Å². The molecule has 0 spiro atoms. The van der Waals surface area contributed by atoms with Gasteiger partial charge in [-0.15, -0.1) is 0 Å². The molecular weight excluding hydrogens is 290 g/mol. The fourth-order valence-corrected chi connectivity index (χ4v) is 3.43. The van der Waals surface area contributed by atoms with E-state index in [2.05, 4.69) is 93.1 Å². The molecule has 0 atom stereocenters. The van der Waals surface area contributed by atoms with Gasteiger partial charge in [0, 0.05) is 24.7 Å². The monoisotopic (exact) mass is 315 g/mol. The summed E-state index contributed by atoms with van der Waals surface area (Å²) >= 11 is 0. The minimum absolute atomic E-state index is 0.934. The average molecular weight is 315 g/mol. The Morgan fingerprint density at radius 2 is 1.79 bits per heavy atom. The number of hydrogen-bond donors (Lipinski definition) is 0. The molecule has 1 aliphatic rings. The summed E-state index contributed by atoms with van der Waals surface area (Å²) in [5, 5.41) is 0. The lowest BCUT2D eigenvalue weighted by atomic mass is 9.87. The molecule has 122 valence electrons. The molecule has 0 saturated carbocycles. The number of likely N-dealkylation sites (N-methyl/N-ethyl adjacent to an activating group) is 1. The molecule has 0 saturated heterocycles. The number of anilines is 1. The number of fused-ring (bicyclic) bond motifs is 1. The molecule has 24 heavy (non-hydrogen) atoms. The molecule has 0 fully saturated rings. The molecule has 1 aliphatic heterocycles. The maximum atomic E-state index is 4.03. The Kier molecular flexibility index (Phi) is 4.71. The van der Waals surface area contributed by atoms with Crippen molar-refractivity contribution in [2.24, 2.45) is 0 Å². The summed E-state index contributed by atoms with van der Waals surface area (Å²) < 4.78 is 0. The molecule has 0 amide bonds. The van der Waals surface area contributed by atoms with E-state index in [9.17, 15) is 0 Å². The largest absolute Gasteiger partial charge is 0.369 e. The first kappa shape index (κ1) is 16.3. The van der Waals surface area contributed by atoms with Crippen LogP contribution in [-0.2, 0) is 0 Å². The Morgan fingerprint density at radius 1 is 1.08 bits per heavy atom. The Labute approximate surface area is 145 Å². The minimum atomic E-state index is 0.934. The summed E-state index contributed by atoms with van der Waals surface area (Å²) in [6, 6.07) is 17.3. The van der Waals surface area contributed by atoms with Gasteiger partial charge in [-0.1, -0.05) is 72.8 Å². The summed E-state index contributed by atoms with van der Waals surface area (Å²) in [5.74, 6) is 0. The van der Waals surface area contributed by atoms with E-state index in [1.54, 1.807) is 0 Å². The van der Waals surface area contributed by atoms with E-state index in [4.69, 9.17) is 0 Å². The van der Waals surface area contributed by atoms with Gasteiger partial charge < -0.3 is 4.90 Å². The van der Waals surface area contributed by atoms with Crippen molar-refractivity contribution in [3.8, 4) is 11.1 Å². The van der Waals surface area contributed by atoms with Gasteiger partial charge in [0.05, 0.1) is 5.69 Å². The number of para-hydroxylation sites is 1. The van der Waals surface area contributed by atoms with Crippen LogP contribution in [-0.4, -0.2) is 13.6 Å². The third-order valence-electron chi connectivity index (χ3n) is 4.53.